The Morgan fingerprint density at radius 3 is 2.90 bits per heavy atom. The molecule has 5 rings (SSSR count). The summed E-state index contributed by atoms with van der Waals surface area (Å²) in [6.45, 7) is 4.11. The van der Waals surface area contributed by atoms with E-state index in [2.05, 4.69) is 28.3 Å². The Bertz CT molecular complexity index is 1210. The standard InChI is InChI=1S/C22H22N6S/c1-13-5-4-10-24-19(13)21-26-15-11-18(25-12-16(15)29-21)27-17-8-7-14-6-3-9-22(2,23)20(14)28-17/h4-5,7-8,10-12H,3,6,9,23H2,1-2H3,(H,25,27,28)/t22-/m0/s1. The fraction of sp³-hybridized carbons (Fsp3) is 0.273. The number of pyridine rings is 3. The van der Waals surface area contributed by atoms with Gasteiger partial charge in [-0.25, -0.2) is 15.0 Å². The highest BCUT2D eigenvalue weighted by molar-refractivity contribution is 7.21. The van der Waals surface area contributed by atoms with Crippen molar-refractivity contribution in [1.82, 2.24) is 19.9 Å². The van der Waals surface area contributed by atoms with Gasteiger partial charge < -0.3 is 11.1 Å². The first-order valence-corrected chi connectivity index (χ1v) is 10.6. The van der Waals surface area contributed by atoms with Gasteiger partial charge in [-0.2, -0.15) is 0 Å². The molecule has 0 aromatic carbocycles. The van der Waals surface area contributed by atoms with E-state index in [0.29, 0.717) is 5.82 Å². The third-order valence-corrected chi connectivity index (χ3v) is 6.42. The molecule has 6 nitrogen and oxygen atoms in total. The number of thiazole rings is 1. The summed E-state index contributed by atoms with van der Waals surface area (Å²) in [5.41, 5.74) is 11.2. The summed E-state index contributed by atoms with van der Waals surface area (Å²) in [6.07, 6.45) is 6.74. The van der Waals surface area contributed by atoms with E-state index in [1.165, 1.54) is 5.56 Å². The average Bonchev–Trinajstić information content (AvgIpc) is 3.12. The van der Waals surface area contributed by atoms with E-state index >= 15 is 0 Å². The zero-order valence-corrected chi connectivity index (χ0v) is 17.3. The van der Waals surface area contributed by atoms with Crippen LogP contribution in [-0.4, -0.2) is 19.9 Å². The second-order valence-corrected chi connectivity index (χ2v) is 8.86. The molecule has 0 spiro atoms. The minimum Gasteiger partial charge on any atom is -0.325 e. The summed E-state index contributed by atoms with van der Waals surface area (Å²) in [7, 11) is 0. The van der Waals surface area contributed by atoms with Gasteiger partial charge in [-0.15, -0.1) is 11.3 Å². The van der Waals surface area contributed by atoms with Crippen molar-refractivity contribution in [2.24, 2.45) is 5.73 Å². The number of anilines is 2. The lowest BCUT2D eigenvalue weighted by molar-refractivity contribution is 0.396. The van der Waals surface area contributed by atoms with Gasteiger partial charge in [0.2, 0.25) is 0 Å². The van der Waals surface area contributed by atoms with Gasteiger partial charge in [0.25, 0.3) is 0 Å². The quantitative estimate of drug-likeness (QED) is 0.516. The highest BCUT2D eigenvalue weighted by atomic mass is 32.1. The second kappa shape index (κ2) is 6.86. The molecule has 7 heteroatoms. The van der Waals surface area contributed by atoms with E-state index in [-0.39, 0.29) is 5.54 Å². The lowest BCUT2D eigenvalue weighted by atomic mass is 9.82. The molecule has 4 aromatic heterocycles. The number of fused-ring (bicyclic) bond motifs is 2. The molecule has 0 bridgehead atoms. The van der Waals surface area contributed by atoms with E-state index in [0.717, 1.165) is 57.3 Å². The van der Waals surface area contributed by atoms with Crippen LogP contribution in [0.2, 0.25) is 0 Å². The fourth-order valence-corrected chi connectivity index (χ4v) is 4.84. The minimum absolute atomic E-state index is 0.382. The van der Waals surface area contributed by atoms with Crippen LogP contribution in [0.15, 0.2) is 42.7 Å². The number of rotatable bonds is 3. The van der Waals surface area contributed by atoms with E-state index in [9.17, 15) is 0 Å². The van der Waals surface area contributed by atoms with Gasteiger partial charge in [0.15, 0.2) is 0 Å². The van der Waals surface area contributed by atoms with Crippen LogP contribution >= 0.6 is 11.3 Å². The Balaban J connectivity index is 1.47. The highest BCUT2D eigenvalue weighted by Crippen LogP contribution is 2.34. The number of aromatic nitrogens is 4. The van der Waals surface area contributed by atoms with Crippen molar-refractivity contribution in [2.75, 3.05) is 5.32 Å². The lowest BCUT2D eigenvalue weighted by Gasteiger charge is -2.31. The van der Waals surface area contributed by atoms with Crippen LogP contribution in [-0.2, 0) is 12.0 Å². The summed E-state index contributed by atoms with van der Waals surface area (Å²) in [5.74, 6) is 1.47. The van der Waals surface area contributed by atoms with Crippen LogP contribution in [0, 0.1) is 6.92 Å². The van der Waals surface area contributed by atoms with Crippen LogP contribution in [0.4, 0.5) is 11.6 Å². The predicted octanol–water partition coefficient (Wildman–Crippen LogP) is 4.71. The van der Waals surface area contributed by atoms with E-state index in [1.54, 1.807) is 17.5 Å². The predicted molar refractivity (Wildman–Crippen MR) is 117 cm³/mol. The average molecular weight is 403 g/mol. The van der Waals surface area contributed by atoms with E-state index in [4.69, 9.17) is 15.7 Å². The molecule has 0 unspecified atom stereocenters. The van der Waals surface area contributed by atoms with Crippen molar-refractivity contribution >= 4 is 33.2 Å². The number of hydrogen-bond acceptors (Lipinski definition) is 7. The van der Waals surface area contributed by atoms with Gasteiger partial charge in [0, 0.05) is 18.5 Å². The Hall–Kier alpha value is -2.90. The maximum absolute atomic E-state index is 6.48. The van der Waals surface area contributed by atoms with Gasteiger partial charge in [-0.3, -0.25) is 4.98 Å². The Kier molecular flexibility index (Phi) is 4.29. The topological polar surface area (TPSA) is 89.6 Å². The molecule has 1 aliphatic rings. The fourth-order valence-electron chi connectivity index (χ4n) is 3.86. The molecule has 1 aliphatic carbocycles. The van der Waals surface area contributed by atoms with Gasteiger partial charge in [0.1, 0.15) is 22.3 Å². The van der Waals surface area contributed by atoms with Gasteiger partial charge in [-0.05, 0) is 56.4 Å². The van der Waals surface area contributed by atoms with Crippen LogP contribution in [0.3, 0.4) is 0 Å². The van der Waals surface area contributed by atoms with Gasteiger partial charge in [0.05, 0.1) is 21.4 Å². The molecule has 0 saturated carbocycles. The summed E-state index contributed by atoms with van der Waals surface area (Å²) >= 11 is 1.60. The van der Waals surface area contributed by atoms with Crippen LogP contribution in [0.25, 0.3) is 20.9 Å². The van der Waals surface area contributed by atoms with Crippen molar-refractivity contribution in [2.45, 2.75) is 38.6 Å². The third kappa shape index (κ3) is 3.36. The molecular weight excluding hydrogens is 380 g/mol. The van der Waals surface area contributed by atoms with Gasteiger partial charge in [-0.1, -0.05) is 12.1 Å². The first-order valence-electron chi connectivity index (χ1n) is 9.74. The van der Waals surface area contributed by atoms with E-state index in [1.807, 2.05) is 37.4 Å². The van der Waals surface area contributed by atoms with Crippen LogP contribution in [0.1, 0.15) is 36.6 Å². The molecular formula is C22H22N6S. The zero-order chi connectivity index (χ0) is 20.0. The third-order valence-electron chi connectivity index (χ3n) is 5.41. The van der Waals surface area contributed by atoms with Crippen molar-refractivity contribution in [3.8, 4) is 10.7 Å². The molecule has 146 valence electrons. The minimum atomic E-state index is -0.382. The van der Waals surface area contributed by atoms with Crippen molar-refractivity contribution < 1.29 is 0 Å². The summed E-state index contributed by atoms with van der Waals surface area (Å²) in [5, 5.41) is 4.22. The van der Waals surface area contributed by atoms with Crippen molar-refractivity contribution in [3.05, 3.63) is 59.5 Å². The van der Waals surface area contributed by atoms with Crippen LogP contribution < -0.4 is 11.1 Å². The summed E-state index contributed by atoms with van der Waals surface area (Å²) in [4.78, 5) is 18.6. The zero-order valence-electron chi connectivity index (χ0n) is 16.4. The number of nitrogens with one attached hydrogen (secondary N) is 1. The Labute approximate surface area is 173 Å². The normalized spacial score (nSPS) is 18.6. The molecule has 29 heavy (non-hydrogen) atoms. The lowest BCUT2D eigenvalue weighted by Crippen LogP contribution is -2.37. The first-order chi connectivity index (χ1) is 14.0. The smallest absolute Gasteiger partial charge is 0.143 e. The SMILES string of the molecule is Cc1cccnc1-c1nc2cc(Nc3ccc4c(n3)[C@@](C)(N)CCC4)ncc2s1. The monoisotopic (exact) mass is 402 g/mol. The van der Waals surface area contributed by atoms with Gasteiger partial charge >= 0.3 is 0 Å². The molecule has 0 aliphatic heterocycles. The first kappa shape index (κ1) is 18.1. The summed E-state index contributed by atoms with van der Waals surface area (Å²) in [6, 6.07) is 10.1. The summed E-state index contributed by atoms with van der Waals surface area (Å²) < 4.78 is 1.03. The number of aryl methyl sites for hydroxylation is 2. The molecule has 0 radical (unpaired) electrons. The number of hydrogen-bond donors (Lipinski definition) is 2. The number of nitrogens with two attached hydrogens (primary N) is 1. The van der Waals surface area contributed by atoms with E-state index < -0.39 is 0 Å². The van der Waals surface area contributed by atoms with Crippen LogP contribution in [0.5, 0.6) is 0 Å². The molecule has 1 atom stereocenters. The second-order valence-electron chi connectivity index (χ2n) is 7.83. The highest BCUT2D eigenvalue weighted by Gasteiger charge is 2.29. The molecule has 4 heterocycles. The molecule has 0 amide bonds. The molecule has 3 N–H and O–H groups in total. The maximum Gasteiger partial charge on any atom is 0.143 e. The molecule has 0 saturated heterocycles. The Morgan fingerprint density at radius 2 is 2.03 bits per heavy atom. The number of nitrogens with zero attached hydrogens (tertiary/aromatic N) is 4. The maximum atomic E-state index is 6.48. The molecule has 4 aromatic rings. The largest absolute Gasteiger partial charge is 0.325 e. The Morgan fingerprint density at radius 1 is 1.14 bits per heavy atom. The van der Waals surface area contributed by atoms with Crippen molar-refractivity contribution in [3.63, 3.8) is 0 Å². The molecule has 0 fully saturated rings. The van der Waals surface area contributed by atoms with Crippen molar-refractivity contribution in [1.29, 1.82) is 0 Å².